The van der Waals surface area contributed by atoms with Gasteiger partial charge >= 0.3 is 0 Å². The fourth-order valence-electron chi connectivity index (χ4n) is 2.37. The Morgan fingerprint density at radius 3 is 2.62 bits per heavy atom. The molecule has 1 unspecified atom stereocenters. The molecule has 8 heteroatoms. The summed E-state index contributed by atoms with van der Waals surface area (Å²) >= 11 is 0. The predicted octanol–water partition coefficient (Wildman–Crippen LogP) is 2.58. The highest BCUT2D eigenvalue weighted by atomic mass is 35.5. The van der Waals surface area contributed by atoms with E-state index in [9.17, 15) is 4.39 Å². The van der Waals surface area contributed by atoms with Crippen LogP contribution >= 0.6 is 12.4 Å². The molecule has 26 heavy (non-hydrogen) atoms. The summed E-state index contributed by atoms with van der Waals surface area (Å²) in [5.74, 6) is 0.768. The molecule has 2 aromatic rings. The number of halogens is 2. The average molecular weight is 378 g/mol. The summed E-state index contributed by atoms with van der Waals surface area (Å²) in [7, 11) is 0. The van der Waals surface area contributed by atoms with Crippen LogP contribution in [0, 0.1) is 5.82 Å². The Morgan fingerprint density at radius 1 is 1.12 bits per heavy atom. The smallest absolute Gasteiger partial charge is 0.200 e. The van der Waals surface area contributed by atoms with Gasteiger partial charge < -0.3 is 15.8 Å². The number of para-hydroxylation sites is 1. The van der Waals surface area contributed by atoms with Gasteiger partial charge in [-0.2, -0.15) is 0 Å². The van der Waals surface area contributed by atoms with Crippen LogP contribution in [0.15, 0.2) is 64.6 Å². The molecule has 0 amide bonds. The summed E-state index contributed by atoms with van der Waals surface area (Å²) in [6.45, 7) is 0.891. The maximum absolute atomic E-state index is 13.4. The summed E-state index contributed by atoms with van der Waals surface area (Å²) in [4.78, 5) is 8.74. The van der Waals surface area contributed by atoms with Crippen LogP contribution in [0.1, 0.15) is 18.2 Å². The van der Waals surface area contributed by atoms with E-state index in [1.165, 1.54) is 6.07 Å². The van der Waals surface area contributed by atoms with Crippen molar-refractivity contribution in [1.82, 2.24) is 10.6 Å². The van der Waals surface area contributed by atoms with Gasteiger partial charge in [-0.05, 0) is 17.7 Å². The van der Waals surface area contributed by atoms with Gasteiger partial charge in [0.1, 0.15) is 0 Å². The van der Waals surface area contributed by atoms with Crippen LogP contribution in [0.3, 0.4) is 0 Å². The van der Waals surface area contributed by atoms with E-state index < -0.39 is 0 Å². The molecule has 0 aliphatic carbocycles. The lowest BCUT2D eigenvalue weighted by atomic mass is 10.2. The highest BCUT2D eigenvalue weighted by Crippen LogP contribution is 2.16. The first-order chi connectivity index (χ1) is 12.2. The summed E-state index contributed by atoms with van der Waals surface area (Å²) < 4.78 is 18.8. The number of hydrogen-bond acceptors (Lipinski definition) is 4. The van der Waals surface area contributed by atoms with Crippen molar-refractivity contribution in [3.63, 3.8) is 0 Å². The first kappa shape index (κ1) is 19.5. The second-order valence-corrected chi connectivity index (χ2v) is 5.46. The van der Waals surface area contributed by atoms with E-state index in [0.29, 0.717) is 31.5 Å². The zero-order valence-electron chi connectivity index (χ0n) is 14.1. The van der Waals surface area contributed by atoms with Crippen molar-refractivity contribution in [3.8, 4) is 5.75 Å². The van der Waals surface area contributed by atoms with Crippen molar-refractivity contribution in [1.29, 1.82) is 0 Å². The maximum Gasteiger partial charge on any atom is 0.200 e. The van der Waals surface area contributed by atoms with Crippen LogP contribution < -0.4 is 21.1 Å². The molecule has 0 aromatic heterocycles. The number of nitrogens with zero attached hydrogens (tertiary/aromatic N) is 2. The summed E-state index contributed by atoms with van der Waals surface area (Å²) in [5, 5.41) is 6.09. The highest BCUT2D eigenvalue weighted by Gasteiger charge is 2.17. The van der Waals surface area contributed by atoms with E-state index in [4.69, 9.17) is 10.5 Å². The van der Waals surface area contributed by atoms with E-state index in [0.717, 1.165) is 5.56 Å². The maximum atomic E-state index is 13.4. The monoisotopic (exact) mass is 377 g/mol. The Labute approximate surface area is 157 Å². The van der Waals surface area contributed by atoms with Crippen molar-refractivity contribution in [3.05, 3.63) is 66.0 Å². The third-order valence-corrected chi connectivity index (χ3v) is 3.57. The standard InChI is InChI=1S/C18H20FN5O.ClH/c19-14-9-4-5-10-15(14)25-12-6-11-21-18-23-16(22-17(20)24-18)13-7-2-1-3-8-13;/h1-5,7-10,16H,6,11-12H2,(H4,20,21,22,23,24);1H. The van der Waals surface area contributed by atoms with Gasteiger partial charge in [0.2, 0.25) is 0 Å². The van der Waals surface area contributed by atoms with Crippen LogP contribution in [-0.4, -0.2) is 25.1 Å². The molecule has 0 bridgehead atoms. The fourth-order valence-corrected chi connectivity index (χ4v) is 2.37. The second-order valence-electron chi connectivity index (χ2n) is 5.46. The first-order valence-electron chi connectivity index (χ1n) is 8.06. The van der Waals surface area contributed by atoms with E-state index >= 15 is 0 Å². The Hall–Kier alpha value is -2.80. The first-order valence-corrected chi connectivity index (χ1v) is 8.06. The zero-order chi connectivity index (χ0) is 17.5. The van der Waals surface area contributed by atoms with Crippen LogP contribution in [0.5, 0.6) is 5.75 Å². The van der Waals surface area contributed by atoms with Crippen molar-refractivity contribution >= 4 is 24.3 Å². The van der Waals surface area contributed by atoms with E-state index in [1.54, 1.807) is 18.2 Å². The van der Waals surface area contributed by atoms with Gasteiger partial charge in [-0.15, -0.1) is 12.4 Å². The Balaban J connectivity index is 0.00000243. The molecule has 4 N–H and O–H groups in total. The molecule has 1 aliphatic heterocycles. The van der Waals surface area contributed by atoms with E-state index in [-0.39, 0.29) is 30.1 Å². The fraction of sp³-hybridized carbons (Fsp3) is 0.222. The highest BCUT2D eigenvalue weighted by molar-refractivity contribution is 5.99. The van der Waals surface area contributed by atoms with Crippen molar-refractivity contribution in [2.75, 3.05) is 13.2 Å². The Bertz CT molecular complexity index is 769. The average Bonchev–Trinajstić information content (AvgIpc) is 2.63. The van der Waals surface area contributed by atoms with Gasteiger partial charge in [0.15, 0.2) is 29.7 Å². The number of ether oxygens (including phenoxy) is 1. The molecule has 1 heterocycles. The second kappa shape index (κ2) is 9.62. The number of hydrogen-bond donors (Lipinski definition) is 3. The molecule has 1 atom stereocenters. The summed E-state index contributed by atoms with van der Waals surface area (Å²) in [6.07, 6.45) is 0.379. The largest absolute Gasteiger partial charge is 0.490 e. The lowest BCUT2D eigenvalue weighted by molar-refractivity contribution is 0.298. The van der Waals surface area contributed by atoms with Gasteiger partial charge in [-0.3, -0.25) is 10.3 Å². The number of benzene rings is 2. The minimum Gasteiger partial charge on any atom is -0.490 e. The summed E-state index contributed by atoms with van der Waals surface area (Å²) in [6, 6.07) is 16.1. The van der Waals surface area contributed by atoms with Crippen LogP contribution in [0.4, 0.5) is 4.39 Å². The van der Waals surface area contributed by atoms with Gasteiger partial charge in [0.05, 0.1) is 6.61 Å². The van der Waals surface area contributed by atoms with Crippen molar-refractivity contribution in [2.45, 2.75) is 12.6 Å². The van der Waals surface area contributed by atoms with Crippen LogP contribution in [-0.2, 0) is 0 Å². The predicted molar refractivity (Wildman–Crippen MR) is 103 cm³/mol. The molecule has 3 rings (SSSR count). The quantitative estimate of drug-likeness (QED) is 0.675. The lowest BCUT2D eigenvalue weighted by Crippen LogP contribution is -2.50. The van der Waals surface area contributed by atoms with Crippen molar-refractivity contribution < 1.29 is 9.13 Å². The molecule has 0 radical (unpaired) electrons. The molecule has 6 nitrogen and oxygen atoms in total. The molecular formula is C18H21ClFN5O. The van der Waals surface area contributed by atoms with E-state index in [1.807, 2.05) is 30.3 Å². The molecule has 2 aromatic carbocycles. The molecule has 138 valence electrons. The third kappa shape index (κ3) is 5.35. The number of guanidine groups is 2. The molecule has 0 saturated heterocycles. The van der Waals surface area contributed by atoms with Crippen LogP contribution in [0.2, 0.25) is 0 Å². The van der Waals surface area contributed by atoms with Gasteiger partial charge in [-0.25, -0.2) is 9.38 Å². The van der Waals surface area contributed by atoms with Gasteiger partial charge in [-0.1, -0.05) is 42.5 Å². The molecule has 0 saturated carbocycles. The number of aliphatic imine (C=N–C) groups is 2. The van der Waals surface area contributed by atoms with Gasteiger partial charge in [0.25, 0.3) is 0 Å². The topological polar surface area (TPSA) is 84.0 Å². The SMILES string of the molecule is Cl.NC1=NC(c2ccccc2)NC(=NCCCOc2ccccc2F)N1. The molecule has 0 spiro atoms. The third-order valence-electron chi connectivity index (χ3n) is 3.57. The summed E-state index contributed by atoms with van der Waals surface area (Å²) in [5.41, 5.74) is 6.83. The van der Waals surface area contributed by atoms with Gasteiger partial charge in [0, 0.05) is 13.0 Å². The van der Waals surface area contributed by atoms with Crippen LogP contribution in [0.25, 0.3) is 0 Å². The van der Waals surface area contributed by atoms with Crippen molar-refractivity contribution in [2.24, 2.45) is 15.7 Å². The number of nitrogens with one attached hydrogen (secondary N) is 2. The molecule has 0 fully saturated rings. The minimum atomic E-state index is -0.362. The number of rotatable bonds is 6. The normalized spacial score (nSPS) is 17.5. The Kier molecular flexibility index (Phi) is 7.23. The lowest BCUT2D eigenvalue weighted by Gasteiger charge is -2.24. The minimum absolute atomic E-state index is 0. The van der Waals surface area contributed by atoms with E-state index in [2.05, 4.69) is 20.6 Å². The number of nitrogens with two attached hydrogens (primary N) is 1. The Morgan fingerprint density at radius 2 is 1.85 bits per heavy atom. The zero-order valence-corrected chi connectivity index (χ0v) is 14.9. The molecule has 1 aliphatic rings. The molecular weight excluding hydrogens is 357 g/mol.